The Balaban J connectivity index is 2.05. The molecule has 43 heavy (non-hydrogen) atoms. The van der Waals surface area contributed by atoms with Crippen LogP contribution in [0.25, 0.3) is 0 Å². The molecule has 2 rings (SSSR count). The number of benzene rings is 2. The molecule has 0 aliphatic heterocycles. The van der Waals surface area contributed by atoms with Gasteiger partial charge in [0, 0.05) is 26.7 Å². The van der Waals surface area contributed by atoms with Crippen LogP contribution in [-0.4, -0.2) is 67.2 Å². The number of carbonyl (C=O) groups is 4. The minimum Gasteiger partial charge on any atom is -0.445 e. The van der Waals surface area contributed by atoms with Crippen LogP contribution >= 0.6 is 0 Å². The van der Waals surface area contributed by atoms with E-state index in [-0.39, 0.29) is 25.5 Å². The third-order valence-corrected chi connectivity index (χ3v) is 5.92. The minimum atomic E-state index is -0.922. The monoisotopic (exact) mass is 592 g/mol. The number of nitrogens with zero attached hydrogens (tertiary/aromatic N) is 1. The molecule has 0 fully saturated rings. The third-order valence-electron chi connectivity index (χ3n) is 5.92. The van der Waals surface area contributed by atoms with Gasteiger partial charge in [-0.25, -0.2) is 9.59 Å². The molecule has 10 nitrogen and oxygen atoms in total. The van der Waals surface area contributed by atoms with Crippen LogP contribution in [0.3, 0.4) is 0 Å². The smallest absolute Gasteiger partial charge is 0.408 e. The fourth-order valence-corrected chi connectivity index (χ4v) is 3.79. The van der Waals surface area contributed by atoms with Crippen molar-refractivity contribution in [3.05, 3.63) is 96.1 Å². The number of rotatable bonds is 14. The predicted molar refractivity (Wildman–Crippen MR) is 166 cm³/mol. The maximum atomic E-state index is 13.5. The second-order valence-corrected chi connectivity index (χ2v) is 11.1. The van der Waals surface area contributed by atoms with Crippen molar-refractivity contribution in [3.8, 4) is 0 Å². The number of hydrogen-bond acceptors (Lipinski definition) is 6. The molecule has 232 valence electrons. The van der Waals surface area contributed by atoms with Crippen molar-refractivity contribution in [2.24, 2.45) is 0 Å². The highest BCUT2D eigenvalue weighted by molar-refractivity contribution is 5.87. The number of hydrogen-bond donors (Lipinski definition) is 3. The zero-order chi connectivity index (χ0) is 31.7. The first-order valence-electron chi connectivity index (χ1n) is 14.3. The number of ether oxygens (including phenoxy) is 2. The van der Waals surface area contributed by atoms with Crippen molar-refractivity contribution in [2.45, 2.75) is 64.3 Å². The lowest BCUT2D eigenvalue weighted by Crippen LogP contribution is -2.51. The summed E-state index contributed by atoms with van der Waals surface area (Å²) in [5.74, 6) is -0.566. The lowest BCUT2D eigenvalue weighted by Gasteiger charge is -2.25. The van der Waals surface area contributed by atoms with E-state index in [2.05, 4.69) is 16.0 Å². The summed E-state index contributed by atoms with van der Waals surface area (Å²) in [6.07, 6.45) is 6.38. The van der Waals surface area contributed by atoms with Crippen LogP contribution in [-0.2, 0) is 32.1 Å². The number of nitrogens with one attached hydrogen (secondary N) is 3. The van der Waals surface area contributed by atoms with E-state index in [4.69, 9.17) is 9.47 Å². The van der Waals surface area contributed by atoms with E-state index in [9.17, 15) is 19.2 Å². The van der Waals surface area contributed by atoms with E-state index in [0.29, 0.717) is 12.8 Å². The molecule has 0 aliphatic carbocycles. The molecule has 0 spiro atoms. The molecule has 0 radical (unpaired) electrons. The fraction of sp³-hybridized carbons (Fsp3) is 0.394. The largest absolute Gasteiger partial charge is 0.445 e. The summed E-state index contributed by atoms with van der Waals surface area (Å²) in [5.41, 5.74) is 1.12. The summed E-state index contributed by atoms with van der Waals surface area (Å²) in [5, 5.41) is 8.34. The van der Waals surface area contributed by atoms with Crippen LogP contribution in [0, 0.1) is 0 Å². The Bertz CT molecular complexity index is 1220. The van der Waals surface area contributed by atoms with Gasteiger partial charge in [0.05, 0.1) is 6.04 Å². The van der Waals surface area contributed by atoms with Gasteiger partial charge in [0.1, 0.15) is 18.2 Å². The van der Waals surface area contributed by atoms with Crippen LogP contribution in [0.5, 0.6) is 0 Å². The molecular formula is C33H44N4O6. The summed E-state index contributed by atoms with van der Waals surface area (Å²) >= 11 is 0. The molecule has 0 aromatic heterocycles. The first kappa shape index (κ1) is 34.6. The highest BCUT2D eigenvalue weighted by atomic mass is 16.6. The highest BCUT2D eigenvalue weighted by Crippen LogP contribution is 2.10. The molecule has 0 saturated heterocycles. The third kappa shape index (κ3) is 15.3. The number of likely N-dealkylation sites (N-methyl/N-ethyl adjacent to an activating group) is 1. The van der Waals surface area contributed by atoms with Gasteiger partial charge < -0.3 is 30.3 Å². The molecule has 0 bridgehead atoms. The molecule has 2 atom stereocenters. The summed E-state index contributed by atoms with van der Waals surface area (Å²) in [6, 6.07) is 17.6. The molecule has 0 aliphatic rings. The van der Waals surface area contributed by atoms with Crippen molar-refractivity contribution in [2.75, 3.05) is 20.6 Å². The zero-order valence-electron chi connectivity index (χ0n) is 25.7. The number of alkyl carbamates (subject to hydrolysis) is 2. The highest BCUT2D eigenvalue weighted by Gasteiger charge is 2.25. The SMILES string of the molecule is CN(C)C(=O)/C=C/C=C/C(Cc1ccccc1)NC(=O)C(CCCNC(=O)OCc1ccccc1)NC(=O)OC(C)(C)C. The molecule has 0 heterocycles. The average Bonchev–Trinajstić information content (AvgIpc) is 2.95. The van der Waals surface area contributed by atoms with Gasteiger partial charge in [0.25, 0.3) is 0 Å². The van der Waals surface area contributed by atoms with Crippen LogP contribution in [0.1, 0.15) is 44.7 Å². The van der Waals surface area contributed by atoms with Gasteiger partial charge in [0.15, 0.2) is 0 Å². The van der Waals surface area contributed by atoms with E-state index < -0.39 is 35.8 Å². The summed E-state index contributed by atoms with van der Waals surface area (Å²) in [7, 11) is 3.33. The van der Waals surface area contributed by atoms with Crippen molar-refractivity contribution in [3.63, 3.8) is 0 Å². The van der Waals surface area contributed by atoms with Gasteiger partial charge in [-0.2, -0.15) is 0 Å². The molecule has 2 unspecified atom stereocenters. The van der Waals surface area contributed by atoms with Gasteiger partial charge in [-0.3, -0.25) is 9.59 Å². The number of carbonyl (C=O) groups excluding carboxylic acids is 4. The number of amides is 4. The zero-order valence-corrected chi connectivity index (χ0v) is 25.7. The Morgan fingerprint density at radius 1 is 0.860 bits per heavy atom. The lowest BCUT2D eigenvalue weighted by molar-refractivity contribution is -0.124. The molecule has 2 aromatic rings. The second-order valence-electron chi connectivity index (χ2n) is 11.1. The van der Waals surface area contributed by atoms with Crippen LogP contribution < -0.4 is 16.0 Å². The molecule has 3 N–H and O–H groups in total. The Morgan fingerprint density at radius 2 is 1.49 bits per heavy atom. The maximum absolute atomic E-state index is 13.5. The van der Waals surface area contributed by atoms with Gasteiger partial charge in [-0.15, -0.1) is 0 Å². The topological polar surface area (TPSA) is 126 Å². The fourth-order valence-electron chi connectivity index (χ4n) is 3.79. The molecular weight excluding hydrogens is 548 g/mol. The summed E-state index contributed by atoms with van der Waals surface area (Å²) in [4.78, 5) is 51.5. The van der Waals surface area contributed by atoms with Gasteiger partial charge in [-0.1, -0.05) is 78.9 Å². The Kier molecular flexibility index (Phi) is 14.5. The molecule has 2 aromatic carbocycles. The molecule has 0 saturated carbocycles. The molecule has 10 heteroatoms. The van der Waals surface area contributed by atoms with Crippen molar-refractivity contribution < 1.29 is 28.7 Å². The summed E-state index contributed by atoms with van der Waals surface area (Å²) in [6.45, 7) is 5.60. The van der Waals surface area contributed by atoms with Crippen molar-refractivity contribution in [1.29, 1.82) is 0 Å². The standard InChI is InChI=1S/C33H44N4O6/c1-33(2,3)43-32(41)36-28(20-14-22-34-31(40)42-24-26-17-10-7-11-18-26)30(39)35-27(23-25-15-8-6-9-16-25)19-12-13-21-29(38)37(4)5/h6-13,15-19,21,27-28H,14,20,22-24H2,1-5H3,(H,34,40)(H,35,39)(H,36,41)/b19-12+,21-13+. The van der Waals surface area contributed by atoms with Gasteiger partial charge >= 0.3 is 12.2 Å². The van der Waals surface area contributed by atoms with Gasteiger partial charge in [-0.05, 0) is 51.2 Å². The molecule has 4 amide bonds. The van der Waals surface area contributed by atoms with Crippen molar-refractivity contribution in [1.82, 2.24) is 20.9 Å². The van der Waals surface area contributed by atoms with Crippen LogP contribution in [0.4, 0.5) is 9.59 Å². The van der Waals surface area contributed by atoms with Crippen molar-refractivity contribution >= 4 is 24.0 Å². The lowest BCUT2D eigenvalue weighted by atomic mass is 10.0. The Labute approximate surface area is 254 Å². The Morgan fingerprint density at radius 3 is 2.09 bits per heavy atom. The summed E-state index contributed by atoms with van der Waals surface area (Å²) < 4.78 is 10.6. The Hall–Kier alpha value is -4.60. The average molecular weight is 593 g/mol. The van der Waals surface area contributed by atoms with E-state index >= 15 is 0 Å². The first-order valence-corrected chi connectivity index (χ1v) is 14.3. The first-order chi connectivity index (χ1) is 20.4. The van der Waals surface area contributed by atoms with E-state index in [1.807, 2.05) is 60.7 Å². The van der Waals surface area contributed by atoms with Crippen LogP contribution in [0.2, 0.25) is 0 Å². The second kappa shape index (κ2) is 18.0. The van der Waals surface area contributed by atoms with E-state index in [0.717, 1.165) is 11.1 Å². The van der Waals surface area contributed by atoms with E-state index in [1.165, 1.54) is 11.0 Å². The number of allylic oxidation sites excluding steroid dienone is 2. The maximum Gasteiger partial charge on any atom is 0.408 e. The quantitative estimate of drug-likeness (QED) is 0.168. The van der Waals surface area contributed by atoms with Gasteiger partial charge in [0.2, 0.25) is 11.8 Å². The predicted octanol–water partition coefficient (Wildman–Crippen LogP) is 4.51. The van der Waals surface area contributed by atoms with Crippen LogP contribution in [0.15, 0.2) is 85.0 Å². The van der Waals surface area contributed by atoms with E-state index in [1.54, 1.807) is 53.1 Å². The normalized spacial score (nSPS) is 12.8. The minimum absolute atomic E-state index is 0.146.